The molecule has 1 amide bonds. The smallest absolute Gasteiger partial charge is 0.230 e. The van der Waals surface area contributed by atoms with Crippen LogP contribution in [0.1, 0.15) is 31.2 Å². The zero-order valence-electron chi connectivity index (χ0n) is 14.2. The molecule has 2 aliphatic rings. The van der Waals surface area contributed by atoms with Gasteiger partial charge in [-0.25, -0.2) is 0 Å². The van der Waals surface area contributed by atoms with Crippen molar-refractivity contribution in [3.63, 3.8) is 0 Å². The molecule has 0 unspecified atom stereocenters. The topological polar surface area (TPSA) is 47.6 Å². The lowest BCUT2D eigenvalue weighted by Crippen LogP contribution is -2.47. The third-order valence-electron chi connectivity index (χ3n) is 5.28. The molecule has 2 aromatic carbocycles. The van der Waals surface area contributed by atoms with Crippen LogP contribution in [0, 0.1) is 0 Å². The number of hydrogen-bond acceptors (Lipinski definition) is 3. The van der Waals surface area contributed by atoms with Crippen molar-refractivity contribution in [3.8, 4) is 11.5 Å². The van der Waals surface area contributed by atoms with Crippen LogP contribution in [0.3, 0.4) is 0 Å². The molecule has 1 atom stereocenters. The van der Waals surface area contributed by atoms with Gasteiger partial charge >= 0.3 is 0 Å². The van der Waals surface area contributed by atoms with Crippen molar-refractivity contribution in [2.75, 3.05) is 13.2 Å². The summed E-state index contributed by atoms with van der Waals surface area (Å²) >= 11 is 0. The van der Waals surface area contributed by atoms with Crippen LogP contribution in [0.2, 0.25) is 0 Å². The Morgan fingerprint density at radius 1 is 1.00 bits per heavy atom. The highest BCUT2D eigenvalue weighted by Crippen LogP contribution is 2.41. The van der Waals surface area contributed by atoms with E-state index in [1.165, 1.54) is 0 Å². The fourth-order valence-electron chi connectivity index (χ4n) is 3.92. The molecule has 1 fully saturated rings. The highest BCUT2D eigenvalue weighted by Gasteiger charge is 2.42. The van der Waals surface area contributed by atoms with Crippen molar-refractivity contribution < 1.29 is 14.3 Å². The summed E-state index contributed by atoms with van der Waals surface area (Å²) in [4.78, 5) is 13.0. The summed E-state index contributed by atoms with van der Waals surface area (Å²) in [5, 5.41) is 3.12. The Kier molecular flexibility index (Phi) is 4.35. The van der Waals surface area contributed by atoms with E-state index in [2.05, 4.69) is 17.4 Å². The molecule has 4 heteroatoms. The van der Waals surface area contributed by atoms with Crippen molar-refractivity contribution in [1.82, 2.24) is 5.32 Å². The van der Waals surface area contributed by atoms with Gasteiger partial charge in [0.2, 0.25) is 5.91 Å². The van der Waals surface area contributed by atoms with Crippen LogP contribution in [0.25, 0.3) is 0 Å². The molecule has 1 heterocycles. The van der Waals surface area contributed by atoms with E-state index in [9.17, 15) is 4.79 Å². The van der Waals surface area contributed by atoms with Gasteiger partial charge in [-0.2, -0.15) is 0 Å². The van der Waals surface area contributed by atoms with E-state index in [-0.39, 0.29) is 12.0 Å². The molecule has 4 nitrogen and oxygen atoms in total. The zero-order valence-corrected chi connectivity index (χ0v) is 14.2. The first-order valence-corrected chi connectivity index (χ1v) is 9.00. The highest BCUT2D eigenvalue weighted by atomic mass is 16.6. The number of ether oxygens (including phenoxy) is 2. The van der Waals surface area contributed by atoms with E-state index in [0.29, 0.717) is 13.2 Å². The Labute approximate surface area is 148 Å². The zero-order chi connectivity index (χ0) is 17.1. The molecule has 4 rings (SSSR count). The van der Waals surface area contributed by atoms with Gasteiger partial charge in [-0.1, -0.05) is 55.3 Å². The number of amides is 1. The van der Waals surface area contributed by atoms with Gasteiger partial charge in [-0.15, -0.1) is 0 Å². The van der Waals surface area contributed by atoms with Gasteiger partial charge in [0.05, 0.1) is 12.0 Å². The molecule has 0 spiro atoms. The number of para-hydroxylation sites is 2. The van der Waals surface area contributed by atoms with Gasteiger partial charge in [0.25, 0.3) is 0 Å². The van der Waals surface area contributed by atoms with Gasteiger partial charge in [0, 0.05) is 0 Å². The minimum atomic E-state index is -0.394. The fraction of sp³-hybridized carbons (Fsp3) is 0.381. The van der Waals surface area contributed by atoms with E-state index < -0.39 is 5.41 Å². The molecule has 0 bridgehead atoms. The average Bonchev–Trinajstić information content (AvgIpc) is 3.18. The maximum atomic E-state index is 13.0. The molecule has 1 saturated carbocycles. The van der Waals surface area contributed by atoms with Gasteiger partial charge < -0.3 is 14.8 Å². The van der Waals surface area contributed by atoms with E-state index in [4.69, 9.17) is 9.47 Å². The summed E-state index contributed by atoms with van der Waals surface area (Å²) in [6.07, 6.45) is 3.85. The molecule has 2 aromatic rings. The molecular formula is C21H23NO3. The largest absolute Gasteiger partial charge is 0.486 e. The second-order valence-electron chi connectivity index (χ2n) is 6.86. The van der Waals surface area contributed by atoms with Crippen molar-refractivity contribution in [3.05, 3.63) is 60.2 Å². The van der Waals surface area contributed by atoms with Crippen LogP contribution >= 0.6 is 0 Å². The molecule has 1 aliphatic carbocycles. The Morgan fingerprint density at radius 3 is 2.44 bits per heavy atom. The monoisotopic (exact) mass is 337 g/mol. The first-order valence-electron chi connectivity index (χ1n) is 9.00. The molecule has 0 aromatic heterocycles. The predicted molar refractivity (Wildman–Crippen MR) is 96.0 cm³/mol. The van der Waals surface area contributed by atoms with Crippen LogP contribution in [0.5, 0.6) is 11.5 Å². The molecule has 130 valence electrons. The maximum Gasteiger partial charge on any atom is 0.230 e. The first-order chi connectivity index (χ1) is 12.3. The van der Waals surface area contributed by atoms with Gasteiger partial charge in [-0.3, -0.25) is 4.79 Å². The van der Waals surface area contributed by atoms with Crippen molar-refractivity contribution in [1.29, 1.82) is 0 Å². The number of carbonyl (C=O) groups is 1. The quantitative estimate of drug-likeness (QED) is 0.929. The molecule has 0 radical (unpaired) electrons. The van der Waals surface area contributed by atoms with E-state index >= 15 is 0 Å². The Balaban J connectivity index is 1.43. The first kappa shape index (κ1) is 16.0. The minimum Gasteiger partial charge on any atom is -0.486 e. The number of fused-ring (bicyclic) bond motifs is 1. The SMILES string of the molecule is O=C(NC[C@H]1COc2ccccc2O1)C1(c2ccccc2)CCCC1. The minimum absolute atomic E-state index is 0.110. The maximum absolute atomic E-state index is 13.0. The summed E-state index contributed by atoms with van der Waals surface area (Å²) in [7, 11) is 0. The van der Waals surface area contributed by atoms with Crippen molar-refractivity contribution >= 4 is 5.91 Å². The second-order valence-corrected chi connectivity index (χ2v) is 6.86. The number of nitrogens with one attached hydrogen (secondary N) is 1. The summed E-state index contributed by atoms with van der Waals surface area (Å²) in [6.45, 7) is 0.914. The van der Waals surface area contributed by atoms with Crippen molar-refractivity contribution in [2.45, 2.75) is 37.2 Å². The molecule has 0 saturated heterocycles. The summed E-state index contributed by atoms with van der Waals surface area (Å²) < 4.78 is 11.7. The number of hydrogen-bond donors (Lipinski definition) is 1. The predicted octanol–water partition coefficient (Wildman–Crippen LogP) is 3.45. The molecular weight excluding hydrogens is 314 g/mol. The highest BCUT2D eigenvalue weighted by molar-refractivity contribution is 5.88. The van der Waals surface area contributed by atoms with Gasteiger partial charge in [0.15, 0.2) is 11.5 Å². The summed E-state index contributed by atoms with van der Waals surface area (Å²) in [5.74, 6) is 1.62. The average molecular weight is 337 g/mol. The van der Waals surface area contributed by atoms with E-state index in [1.54, 1.807) is 0 Å². The number of rotatable bonds is 4. The Bertz CT molecular complexity index is 738. The molecule has 25 heavy (non-hydrogen) atoms. The lowest BCUT2D eigenvalue weighted by molar-refractivity contribution is -0.127. The van der Waals surface area contributed by atoms with Gasteiger partial charge in [0.1, 0.15) is 12.7 Å². The van der Waals surface area contributed by atoms with Crippen LogP contribution < -0.4 is 14.8 Å². The lowest BCUT2D eigenvalue weighted by atomic mass is 9.78. The Hall–Kier alpha value is -2.49. The normalized spacial score (nSPS) is 20.9. The third kappa shape index (κ3) is 3.09. The summed E-state index contributed by atoms with van der Waals surface area (Å²) in [5.41, 5.74) is 0.727. The fourth-order valence-corrected chi connectivity index (χ4v) is 3.92. The number of benzene rings is 2. The standard InChI is InChI=1S/C21H23NO3/c23-20(21(12-6-7-13-21)16-8-2-1-3-9-16)22-14-17-15-24-18-10-4-5-11-19(18)25-17/h1-5,8-11,17H,6-7,12-15H2,(H,22,23)/t17-/m0/s1. The van der Waals surface area contributed by atoms with Crippen LogP contribution in [0.4, 0.5) is 0 Å². The van der Waals surface area contributed by atoms with Gasteiger partial charge in [-0.05, 0) is 30.5 Å². The third-order valence-corrected chi connectivity index (χ3v) is 5.28. The van der Waals surface area contributed by atoms with Crippen LogP contribution in [0.15, 0.2) is 54.6 Å². The van der Waals surface area contributed by atoms with E-state index in [0.717, 1.165) is 42.7 Å². The molecule has 1 N–H and O–H groups in total. The second kappa shape index (κ2) is 6.79. The van der Waals surface area contributed by atoms with Crippen LogP contribution in [-0.2, 0) is 10.2 Å². The molecule has 1 aliphatic heterocycles. The Morgan fingerprint density at radius 2 is 1.68 bits per heavy atom. The summed E-state index contributed by atoms with van der Waals surface area (Å²) in [6, 6.07) is 17.8. The van der Waals surface area contributed by atoms with Crippen LogP contribution in [-0.4, -0.2) is 25.2 Å². The number of carbonyl (C=O) groups excluding carboxylic acids is 1. The van der Waals surface area contributed by atoms with E-state index in [1.807, 2.05) is 42.5 Å². The lowest BCUT2D eigenvalue weighted by Gasteiger charge is -2.31. The van der Waals surface area contributed by atoms with Crippen molar-refractivity contribution in [2.24, 2.45) is 0 Å².